The average Bonchev–Trinajstić information content (AvgIpc) is 2.62. The zero-order valence-corrected chi connectivity index (χ0v) is 16.0. The van der Waals surface area contributed by atoms with E-state index in [1.165, 1.54) is 22.5 Å². The van der Waals surface area contributed by atoms with E-state index in [9.17, 15) is 0 Å². The van der Waals surface area contributed by atoms with Crippen LogP contribution < -0.4 is 20.1 Å². The van der Waals surface area contributed by atoms with E-state index in [-0.39, 0.29) is 13.4 Å². The summed E-state index contributed by atoms with van der Waals surface area (Å²) in [7, 11) is 3.31. The molecular weight excluding hydrogens is 350 g/mol. The molecule has 2 atom stereocenters. The lowest BCUT2D eigenvalue weighted by Gasteiger charge is -2.28. The lowest BCUT2D eigenvalue weighted by atomic mass is 10.3. The molecule has 1 fully saturated rings. The summed E-state index contributed by atoms with van der Waals surface area (Å²) in [5.74, 6) is 3.12. The SMILES string of the molecule is COc1ccc(P2CCSP(c3ccc(OC)cc3)S2)cc1. The Kier molecular flexibility index (Phi) is 5.93. The number of hydrogen-bond donors (Lipinski definition) is 0. The highest BCUT2D eigenvalue weighted by molar-refractivity contribution is 9.05. The van der Waals surface area contributed by atoms with E-state index in [0.29, 0.717) is 0 Å². The first-order valence-corrected chi connectivity index (χ1v) is 13.5. The maximum atomic E-state index is 5.26. The number of rotatable bonds is 4. The van der Waals surface area contributed by atoms with E-state index in [1.54, 1.807) is 14.2 Å². The topological polar surface area (TPSA) is 18.5 Å². The van der Waals surface area contributed by atoms with Crippen molar-refractivity contribution in [1.29, 1.82) is 0 Å². The summed E-state index contributed by atoms with van der Waals surface area (Å²) in [5.41, 5.74) is 0. The summed E-state index contributed by atoms with van der Waals surface area (Å²) < 4.78 is 10.5. The van der Waals surface area contributed by atoms with E-state index < -0.39 is 0 Å². The standard InChI is InChI=1S/C16H18O2P2S2/c1-17-13-3-7-15(8-4-13)19-11-12-21-20(22-19)16-9-5-14(18-2)6-10-16/h3-10H,11-12H2,1-2H3. The van der Waals surface area contributed by atoms with Gasteiger partial charge in [-0.1, -0.05) is 23.1 Å². The van der Waals surface area contributed by atoms with Gasteiger partial charge in [-0.3, -0.25) is 0 Å². The second kappa shape index (κ2) is 7.93. The Hall–Kier alpha value is -0.400. The number of methoxy groups -OCH3 is 2. The molecule has 1 aliphatic rings. The molecule has 0 spiro atoms. The summed E-state index contributed by atoms with van der Waals surface area (Å²) in [4.78, 5) is 0. The molecule has 0 aliphatic carbocycles. The van der Waals surface area contributed by atoms with E-state index in [1.807, 2.05) is 0 Å². The van der Waals surface area contributed by atoms with Crippen molar-refractivity contribution >= 4 is 46.4 Å². The molecule has 22 heavy (non-hydrogen) atoms. The fourth-order valence-electron chi connectivity index (χ4n) is 2.11. The normalized spacial score (nSPS) is 21.4. The van der Waals surface area contributed by atoms with Crippen LogP contribution in [-0.2, 0) is 0 Å². The Labute approximate surface area is 142 Å². The smallest absolute Gasteiger partial charge is 0.118 e. The third kappa shape index (κ3) is 3.92. The van der Waals surface area contributed by atoms with Gasteiger partial charge in [0.25, 0.3) is 0 Å². The van der Waals surface area contributed by atoms with Gasteiger partial charge in [-0.25, -0.2) is 0 Å². The van der Waals surface area contributed by atoms with E-state index in [4.69, 9.17) is 9.47 Å². The van der Waals surface area contributed by atoms with Crippen LogP contribution in [0.15, 0.2) is 48.5 Å². The third-order valence-electron chi connectivity index (χ3n) is 3.32. The predicted molar refractivity (Wildman–Crippen MR) is 104 cm³/mol. The molecule has 0 N–H and O–H groups in total. The molecule has 2 unspecified atom stereocenters. The average molecular weight is 368 g/mol. The second-order valence-electron chi connectivity index (χ2n) is 4.67. The first kappa shape index (κ1) is 16.5. The van der Waals surface area contributed by atoms with Crippen molar-refractivity contribution in [3.8, 4) is 11.5 Å². The molecule has 0 aromatic heterocycles. The zero-order chi connectivity index (χ0) is 15.4. The minimum absolute atomic E-state index is 0.121. The molecule has 0 saturated carbocycles. The molecule has 1 saturated heterocycles. The molecule has 116 valence electrons. The zero-order valence-electron chi connectivity index (χ0n) is 12.6. The highest BCUT2D eigenvalue weighted by Crippen LogP contribution is 2.76. The molecule has 1 heterocycles. The molecule has 1 aliphatic heterocycles. The largest absolute Gasteiger partial charge is 0.497 e. The molecule has 3 rings (SSSR count). The molecule has 0 radical (unpaired) electrons. The highest BCUT2D eigenvalue weighted by Gasteiger charge is 2.25. The van der Waals surface area contributed by atoms with Crippen molar-refractivity contribution in [3.63, 3.8) is 0 Å². The fraction of sp³-hybridized carbons (Fsp3) is 0.250. The molecule has 2 aromatic rings. The Morgan fingerprint density at radius 2 is 1.36 bits per heavy atom. The van der Waals surface area contributed by atoms with Crippen molar-refractivity contribution in [1.82, 2.24) is 0 Å². The van der Waals surface area contributed by atoms with Crippen molar-refractivity contribution in [2.45, 2.75) is 0 Å². The first-order chi connectivity index (χ1) is 10.8. The lowest BCUT2D eigenvalue weighted by molar-refractivity contribution is 0.415. The van der Waals surface area contributed by atoms with Crippen molar-refractivity contribution in [2.24, 2.45) is 0 Å². The van der Waals surface area contributed by atoms with E-state index in [0.717, 1.165) is 11.5 Å². The van der Waals surface area contributed by atoms with Crippen molar-refractivity contribution in [3.05, 3.63) is 48.5 Å². The molecule has 2 nitrogen and oxygen atoms in total. The second-order valence-corrected chi connectivity index (χ2v) is 15.2. The molecule has 0 amide bonds. The molecule has 0 bridgehead atoms. The monoisotopic (exact) mass is 368 g/mol. The summed E-state index contributed by atoms with van der Waals surface area (Å²) in [6, 6.07) is 17.2. The van der Waals surface area contributed by atoms with Crippen LogP contribution in [-0.4, -0.2) is 26.1 Å². The first-order valence-electron chi connectivity index (χ1n) is 6.97. The third-order valence-corrected chi connectivity index (χ3v) is 17.4. The van der Waals surface area contributed by atoms with Gasteiger partial charge in [-0.05, 0) is 60.3 Å². The predicted octanol–water partition coefficient (Wildman–Crippen LogP) is 4.84. The number of benzene rings is 2. The summed E-state index contributed by atoms with van der Waals surface area (Å²) in [6.45, 7) is 0. The highest BCUT2D eigenvalue weighted by atomic mass is 33.3. The van der Waals surface area contributed by atoms with Gasteiger partial charge in [-0.2, -0.15) is 0 Å². The van der Waals surface area contributed by atoms with Gasteiger partial charge in [0.15, 0.2) is 0 Å². The quantitative estimate of drug-likeness (QED) is 0.719. The van der Waals surface area contributed by atoms with Crippen LogP contribution in [0, 0.1) is 0 Å². The van der Waals surface area contributed by atoms with Crippen LogP contribution in [0.1, 0.15) is 0 Å². The lowest BCUT2D eigenvalue weighted by Crippen LogP contribution is -2.07. The van der Waals surface area contributed by atoms with Gasteiger partial charge in [0.2, 0.25) is 0 Å². The van der Waals surface area contributed by atoms with Gasteiger partial charge < -0.3 is 9.47 Å². The summed E-state index contributed by atoms with van der Waals surface area (Å²) in [6.07, 6.45) is 1.11. The van der Waals surface area contributed by atoms with Crippen LogP contribution in [0.2, 0.25) is 0 Å². The maximum Gasteiger partial charge on any atom is 0.118 e. The van der Waals surface area contributed by atoms with Gasteiger partial charge in [-0.15, -0.1) is 11.4 Å². The van der Waals surface area contributed by atoms with Gasteiger partial charge in [0.05, 0.1) is 14.2 Å². The van der Waals surface area contributed by atoms with Gasteiger partial charge >= 0.3 is 0 Å². The summed E-state index contributed by atoms with van der Waals surface area (Å²) >= 11 is 4.29. The Morgan fingerprint density at radius 1 is 0.818 bits per heavy atom. The Balaban J connectivity index is 1.72. The van der Waals surface area contributed by atoms with Crippen LogP contribution in [0.4, 0.5) is 0 Å². The van der Waals surface area contributed by atoms with Crippen LogP contribution >= 0.6 is 35.8 Å². The molecular formula is C16H18O2P2S2. The van der Waals surface area contributed by atoms with Gasteiger partial charge in [0.1, 0.15) is 11.5 Å². The van der Waals surface area contributed by atoms with Gasteiger partial charge in [0, 0.05) is 12.1 Å². The van der Waals surface area contributed by atoms with Crippen molar-refractivity contribution < 1.29 is 9.47 Å². The van der Waals surface area contributed by atoms with E-state index in [2.05, 4.69) is 70.9 Å². The minimum atomic E-state index is -0.183. The van der Waals surface area contributed by atoms with E-state index >= 15 is 0 Å². The Morgan fingerprint density at radius 3 is 1.91 bits per heavy atom. The molecule has 6 heteroatoms. The van der Waals surface area contributed by atoms with Crippen molar-refractivity contribution in [2.75, 3.05) is 26.1 Å². The fourth-order valence-corrected chi connectivity index (χ4v) is 18.6. The van der Waals surface area contributed by atoms with Crippen LogP contribution in [0.3, 0.4) is 0 Å². The number of ether oxygens (including phenoxy) is 2. The summed E-state index contributed by atoms with van der Waals surface area (Å²) in [5, 5.41) is 2.92. The van der Waals surface area contributed by atoms with Crippen LogP contribution in [0.25, 0.3) is 0 Å². The minimum Gasteiger partial charge on any atom is -0.497 e. The van der Waals surface area contributed by atoms with Crippen LogP contribution in [0.5, 0.6) is 11.5 Å². The molecule has 2 aromatic carbocycles. The number of hydrogen-bond acceptors (Lipinski definition) is 4. The Bertz CT molecular complexity index is 551. The maximum absolute atomic E-state index is 5.26.